The molecule has 2 N–H and O–H groups in total. The third-order valence-corrected chi connectivity index (χ3v) is 1.78. The number of aliphatic hydroxyl groups is 1. The molecule has 3 nitrogen and oxygen atoms in total. The quantitative estimate of drug-likeness (QED) is 0.829. The zero-order valence-electron chi connectivity index (χ0n) is 10.1. The van der Waals surface area contributed by atoms with Gasteiger partial charge in [-0.1, -0.05) is 37.3 Å². The van der Waals surface area contributed by atoms with Crippen LogP contribution in [0, 0.1) is 0 Å². The Bertz CT molecular complexity index is 299. The van der Waals surface area contributed by atoms with Crippen molar-refractivity contribution in [1.29, 1.82) is 0 Å². The van der Waals surface area contributed by atoms with E-state index in [0.29, 0.717) is 6.42 Å². The van der Waals surface area contributed by atoms with Gasteiger partial charge in [0.1, 0.15) is 0 Å². The summed E-state index contributed by atoms with van der Waals surface area (Å²) < 4.78 is 0. The lowest BCUT2D eigenvalue weighted by molar-refractivity contribution is -0.136. The van der Waals surface area contributed by atoms with Crippen molar-refractivity contribution < 1.29 is 15.0 Å². The maximum Gasteiger partial charge on any atom is 0.303 e. The summed E-state index contributed by atoms with van der Waals surface area (Å²) in [4.78, 5) is 9.37. The Morgan fingerprint density at radius 1 is 1.25 bits per heavy atom. The molecule has 0 saturated heterocycles. The van der Waals surface area contributed by atoms with Gasteiger partial charge in [0.2, 0.25) is 0 Å². The van der Waals surface area contributed by atoms with Gasteiger partial charge in [0.05, 0.1) is 5.60 Å². The lowest BCUT2D eigenvalue weighted by Crippen LogP contribution is -2.21. The van der Waals surface area contributed by atoms with Crippen LogP contribution in [-0.4, -0.2) is 21.8 Å². The molecule has 0 aliphatic heterocycles. The van der Waals surface area contributed by atoms with Crippen molar-refractivity contribution in [2.45, 2.75) is 39.2 Å². The Balaban J connectivity index is 0.000000385. The molecule has 90 valence electrons. The van der Waals surface area contributed by atoms with Crippen molar-refractivity contribution >= 4 is 5.97 Å². The van der Waals surface area contributed by atoms with Gasteiger partial charge >= 0.3 is 5.97 Å². The van der Waals surface area contributed by atoms with E-state index in [1.165, 1.54) is 5.56 Å². The van der Waals surface area contributed by atoms with Crippen LogP contribution in [0.3, 0.4) is 0 Å². The van der Waals surface area contributed by atoms with Crippen molar-refractivity contribution in [3.63, 3.8) is 0 Å². The van der Waals surface area contributed by atoms with Crippen molar-refractivity contribution in [1.82, 2.24) is 0 Å². The van der Waals surface area contributed by atoms with Crippen LogP contribution in [-0.2, 0) is 11.2 Å². The number of rotatable bonds is 3. The molecule has 1 aromatic carbocycles. The molecule has 0 aromatic heterocycles. The zero-order valence-corrected chi connectivity index (χ0v) is 10.1. The Kier molecular flexibility index (Phi) is 6.42. The molecule has 0 aliphatic carbocycles. The van der Waals surface area contributed by atoms with Crippen LogP contribution >= 0.6 is 0 Å². The molecule has 0 atom stereocenters. The van der Waals surface area contributed by atoms with Crippen molar-refractivity contribution in [2.75, 3.05) is 0 Å². The summed E-state index contributed by atoms with van der Waals surface area (Å²) >= 11 is 0. The van der Waals surface area contributed by atoms with Gasteiger partial charge in [-0.05, 0) is 19.4 Å². The minimum Gasteiger partial charge on any atom is -0.481 e. The maximum atomic E-state index is 9.47. The summed E-state index contributed by atoms with van der Waals surface area (Å²) in [6, 6.07) is 10.0. The fraction of sp³-hybridized carbons (Fsp3) is 0.462. The average molecular weight is 224 g/mol. The molecular formula is C13H20O3. The monoisotopic (exact) mass is 224 g/mol. The van der Waals surface area contributed by atoms with Crippen LogP contribution < -0.4 is 0 Å². The second-order valence-electron chi connectivity index (χ2n) is 4.22. The number of hydrogen-bond acceptors (Lipinski definition) is 2. The second-order valence-corrected chi connectivity index (χ2v) is 4.22. The van der Waals surface area contributed by atoms with E-state index in [1.54, 1.807) is 6.92 Å². The van der Waals surface area contributed by atoms with Crippen LogP contribution in [0.15, 0.2) is 30.3 Å². The van der Waals surface area contributed by atoms with Crippen LogP contribution in [0.1, 0.15) is 32.8 Å². The van der Waals surface area contributed by atoms with Crippen LogP contribution in [0.4, 0.5) is 0 Å². The lowest BCUT2D eigenvalue weighted by atomic mass is 9.99. The molecule has 0 amide bonds. The normalized spacial score (nSPS) is 10.2. The van der Waals surface area contributed by atoms with Crippen molar-refractivity contribution in [2.24, 2.45) is 0 Å². The van der Waals surface area contributed by atoms with E-state index in [2.05, 4.69) is 0 Å². The highest BCUT2D eigenvalue weighted by molar-refractivity contribution is 5.66. The van der Waals surface area contributed by atoms with E-state index in [0.717, 1.165) is 0 Å². The molecule has 1 rings (SSSR count). The van der Waals surface area contributed by atoms with E-state index >= 15 is 0 Å². The Labute approximate surface area is 96.7 Å². The van der Waals surface area contributed by atoms with Crippen molar-refractivity contribution in [3.8, 4) is 0 Å². The van der Waals surface area contributed by atoms with Crippen LogP contribution in [0.5, 0.6) is 0 Å². The predicted octanol–water partition coefficient (Wildman–Crippen LogP) is 2.48. The van der Waals surface area contributed by atoms with Gasteiger partial charge in [0, 0.05) is 12.8 Å². The first-order valence-corrected chi connectivity index (χ1v) is 5.33. The smallest absolute Gasteiger partial charge is 0.303 e. The van der Waals surface area contributed by atoms with Gasteiger partial charge in [-0.15, -0.1) is 0 Å². The zero-order chi connectivity index (χ0) is 12.6. The van der Waals surface area contributed by atoms with E-state index in [-0.39, 0.29) is 6.42 Å². The fourth-order valence-electron chi connectivity index (χ4n) is 1.10. The molecular weight excluding hydrogens is 204 g/mol. The molecule has 1 aromatic rings. The largest absolute Gasteiger partial charge is 0.481 e. The van der Waals surface area contributed by atoms with Gasteiger partial charge in [0.15, 0.2) is 0 Å². The number of hydrogen-bond donors (Lipinski definition) is 2. The fourth-order valence-corrected chi connectivity index (χ4v) is 1.10. The Hall–Kier alpha value is -1.35. The number of aliphatic carboxylic acids is 1. The summed E-state index contributed by atoms with van der Waals surface area (Å²) in [5.74, 6) is -0.745. The highest BCUT2D eigenvalue weighted by Gasteiger charge is 2.12. The molecule has 0 spiro atoms. The molecule has 3 heteroatoms. The van der Waals surface area contributed by atoms with Crippen LogP contribution in [0.2, 0.25) is 0 Å². The minimum absolute atomic E-state index is 0.222. The molecule has 0 unspecified atom stereocenters. The van der Waals surface area contributed by atoms with Gasteiger partial charge in [0.25, 0.3) is 0 Å². The van der Waals surface area contributed by atoms with Gasteiger partial charge < -0.3 is 10.2 Å². The minimum atomic E-state index is -0.745. The molecule has 0 radical (unpaired) electrons. The maximum absolute atomic E-state index is 9.47. The molecule has 16 heavy (non-hydrogen) atoms. The third-order valence-electron chi connectivity index (χ3n) is 1.78. The molecule has 0 saturated carbocycles. The summed E-state index contributed by atoms with van der Waals surface area (Å²) in [7, 11) is 0. The lowest BCUT2D eigenvalue weighted by Gasteiger charge is -2.16. The Morgan fingerprint density at radius 2 is 1.69 bits per heavy atom. The Morgan fingerprint density at radius 3 is 2.00 bits per heavy atom. The standard InChI is InChI=1S/C10H14O.C3H6O2/c1-10(2,11)8-9-6-4-3-5-7-9;1-2-3(4)5/h3-7,11H,8H2,1-2H3;2H2,1H3,(H,4,5). The average Bonchev–Trinajstić information content (AvgIpc) is 2.17. The highest BCUT2D eigenvalue weighted by Crippen LogP contribution is 2.10. The van der Waals surface area contributed by atoms with Crippen LogP contribution in [0.25, 0.3) is 0 Å². The summed E-state index contributed by atoms with van der Waals surface area (Å²) in [5, 5.41) is 17.2. The second kappa shape index (κ2) is 7.01. The van der Waals surface area contributed by atoms with Gasteiger partial charge in [-0.25, -0.2) is 0 Å². The highest BCUT2D eigenvalue weighted by atomic mass is 16.4. The first-order valence-electron chi connectivity index (χ1n) is 5.33. The van der Waals surface area contributed by atoms with E-state index in [4.69, 9.17) is 5.11 Å². The summed E-state index contributed by atoms with van der Waals surface area (Å²) in [5.41, 5.74) is 0.585. The SMILES string of the molecule is CC(C)(O)Cc1ccccc1.CCC(=O)O. The molecule has 0 heterocycles. The van der Waals surface area contributed by atoms with Crippen molar-refractivity contribution in [3.05, 3.63) is 35.9 Å². The van der Waals surface area contributed by atoms with E-state index < -0.39 is 11.6 Å². The van der Waals surface area contributed by atoms with Gasteiger partial charge in [-0.2, -0.15) is 0 Å². The predicted molar refractivity (Wildman–Crippen MR) is 64.4 cm³/mol. The topological polar surface area (TPSA) is 57.5 Å². The number of carboxylic acids is 1. The summed E-state index contributed by atoms with van der Waals surface area (Å²) in [6.07, 6.45) is 0.938. The molecule has 0 bridgehead atoms. The number of carbonyl (C=O) groups is 1. The first kappa shape index (κ1) is 14.6. The van der Waals surface area contributed by atoms with Gasteiger partial charge in [-0.3, -0.25) is 4.79 Å². The number of carboxylic acid groups (broad SMARTS) is 1. The molecule has 0 aliphatic rings. The van der Waals surface area contributed by atoms with E-state index in [9.17, 15) is 9.90 Å². The summed E-state index contributed by atoms with van der Waals surface area (Å²) in [6.45, 7) is 5.24. The first-order chi connectivity index (χ1) is 7.35. The third kappa shape index (κ3) is 9.21. The van der Waals surface area contributed by atoms with E-state index in [1.807, 2.05) is 44.2 Å². The molecule has 0 fully saturated rings. The number of benzene rings is 1.